The molecular formula is C24H22ClFN4O2S. The number of likely N-dealkylation sites (tertiary alicyclic amines) is 1. The highest BCUT2D eigenvalue weighted by molar-refractivity contribution is 8.00. The standard InChI is InChI=1S/C24H22ClFN4O2S/c25-16-10-8-15(9-11-16)22(31)29-14-4-3-7-20(23(29)32)33-24-28-27-21(30(24)17-12-13-17)18-5-1-2-6-19(18)26/h1-2,5-6,8-11,17,20H,3-4,7,12-14H2/t20-/m0/s1. The predicted octanol–water partition coefficient (Wildman–Crippen LogP) is 5.39. The average molecular weight is 485 g/mol. The summed E-state index contributed by atoms with van der Waals surface area (Å²) in [7, 11) is 0. The molecule has 6 nitrogen and oxygen atoms in total. The van der Waals surface area contributed by atoms with Crippen molar-refractivity contribution in [2.45, 2.75) is 48.6 Å². The number of thioether (sulfide) groups is 1. The van der Waals surface area contributed by atoms with Gasteiger partial charge in [-0.15, -0.1) is 10.2 Å². The quantitative estimate of drug-likeness (QED) is 0.454. The van der Waals surface area contributed by atoms with E-state index in [1.165, 1.54) is 22.7 Å². The lowest BCUT2D eigenvalue weighted by Crippen LogP contribution is -2.41. The molecule has 9 heteroatoms. The Morgan fingerprint density at radius 2 is 1.79 bits per heavy atom. The van der Waals surface area contributed by atoms with E-state index in [0.29, 0.717) is 40.1 Å². The normalized spacial score (nSPS) is 18.9. The van der Waals surface area contributed by atoms with Crippen molar-refractivity contribution < 1.29 is 14.0 Å². The summed E-state index contributed by atoms with van der Waals surface area (Å²) < 4.78 is 16.4. The molecule has 1 aliphatic heterocycles. The zero-order chi connectivity index (χ0) is 22.9. The fourth-order valence-electron chi connectivity index (χ4n) is 4.04. The first-order valence-electron chi connectivity index (χ1n) is 11.0. The van der Waals surface area contributed by atoms with Gasteiger partial charge in [0, 0.05) is 23.2 Å². The second kappa shape index (κ2) is 9.27. The van der Waals surface area contributed by atoms with Gasteiger partial charge in [-0.25, -0.2) is 4.39 Å². The number of hydrogen-bond acceptors (Lipinski definition) is 5. The average Bonchev–Trinajstić information content (AvgIpc) is 3.60. The molecule has 2 aliphatic rings. The third-order valence-electron chi connectivity index (χ3n) is 5.91. The number of amides is 2. The van der Waals surface area contributed by atoms with E-state index in [0.717, 1.165) is 25.7 Å². The van der Waals surface area contributed by atoms with Gasteiger partial charge >= 0.3 is 0 Å². The molecule has 2 fully saturated rings. The lowest BCUT2D eigenvalue weighted by molar-refractivity contribution is -0.127. The van der Waals surface area contributed by atoms with Gasteiger partial charge in [-0.2, -0.15) is 0 Å². The molecule has 2 aromatic carbocycles. The summed E-state index contributed by atoms with van der Waals surface area (Å²) in [5, 5.41) is 9.28. The first-order chi connectivity index (χ1) is 16.0. The molecule has 2 heterocycles. The summed E-state index contributed by atoms with van der Waals surface area (Å²) in [6.45, 7) is 0.382. The highest BCUT2D eigenvalue weighted by atomic mass is 35.5. The molecule has 1 aromatic heterocycles. The number of benzene rings is 2. The van der Waals surface area contributed by atoms with Crippen LogP contribution in [-0.2, 0) is 4.79 Å². The van der Waals surface area contributed by atoms with Gasteiger partial charge in [0.2, 0.25) is 5.91 Å². The third-order valence-corrected chi connectivity index (χ3v) is 7.38. The third kappa shape index (κ3) is 4.54. The summed E-state index contributed by atoms with van der Waals surface area (Å²) in [4.78, 5) is 27.8. The summed E-state index contributed by atoms with van der Waals surface area (Å²) in [6.07, 6.45) is 4.14. The number of hydrogen-bond donors (Lipinski definition) is 0. The Balaban J connectivity index is 1.42. The largest absolute Gasteiger partial charge is 0.299 e. The molecule has 3 aromatic rings. The van der Waals surface area contributed by atoms with E-state index in [4.69, 9.17) is 11.6 Å². The van der Waals surface area contributed by atoms with Crippen LogP contribution < -0.4 is 0 Å². The number of aromatic nitrogens is 3. The Morgan fingerprint density at radius 1 is 1.03 bits per heavy atom. The van der Waals surface area contributed by atoms with Gasteiger partial charge < -0.3 is 0 Å². The van der Waals surface area contributed by atoms with Gasteiger partial charge in [0.15, 0.2) is 11.0 Å². The number of rotatable bonds is 5. The Hall–Kier alpha value is -2.71. The van der Waals surface area contributed by atoms with Crippen LogP contribution in [0.2, 0.25) is 5.02 Å². The van der Waals surface area contributed by atoms with Crippen LogP contribution in [0.25, 0.3) is 11.4 Å². The molecule has 1 saturated heterocycles. The Labute approximate surface area is 200 Å². The number of nitrogens with zero attached hydrogens (tertiary/aromatic N) is 4. The van der Waals surface area contributed by atoms with E-state index in [-0.39, 0.29) is 23.7 Å². The van der Waals surface area contributed by atoms with Crippen LogP contribution in [0.15, 0.2) is 53.7 Å². The van der Waals surface area contributed by atoms with Crippen LogP contribution in [0.1, 0.15) is 48.5 Å². The fraction of sp³-hybridized carbons (Fsp3) is 0.333. The maximum Gasteiger partial charge on any atom is 0.260 e. The lowest BCUT2D eigenvalue weighted by Gasteiger charge is -2.22. The number of carbonyl (C=O) groups is 2. The molecule has 1 aliphatic carbocycles. The van der Waals surface area contributed by atoms with Crippen LogP contribution in [0, 0.1) is 5.82 Å². The van der Waals surface area contributed by atoms with Crippen molar-refractivity contribution in [2.24, 2.45) is 0 Å². The molecular weight excluding hydrogens is 463 g/mol. The topological polar surface area (TPSA) is 68.1 Å². The summed E-state index contributed by atoms with van der Waals surface area (Å²) in [5.41, 5.74) is 0.830. The molecule has 33 heavy (non-hydrogen) atoms. The number of imide groups is 1. The Bertz CT molecular complexity index is 1200. The first-order valence-corrected chi connectivity index (χ1v) is 12.3. The van der Waals surface area contributed by atoms with Gasteiger partial charge in [-0.3, -0.25) is 19.1 Å². The zero-order valence-electron chi connectivity index (χ0n) is 17.8. The minimum Gasteiger partial charge on any atom is -0.299 e. The second-order valence-electron chi connectivity index (χ2n) is 8.29. The predicted molar refractivity (Wildman–Crippen MR) is 125 cm³/mol. The molecule has 1 atom stereocenters. The zero-order valence-corrected chi connectivity index (χ0v) is 19.4. The highest BCUT2D eigenvalue weighted by Crippen LogP contribution is 2.43. The van der Waals surface area contributed by atoms with Crippen molar-refractivity contribution in [1.29, 1.82) is 0 Å². The summed E-state index contributed by atoms with van der Waals surface area (Å²) in [5.74, 6) is -0.419. The maximum atomic E-state index is 14.5. The smallest absolute Gasteiger partial charge is 0.260 e. The maximum absolute atomic E-state index is 14.5. The van der Waals surface area contributed by atoms with Crippen molar-refractivity contribution >= 4 is 35.2 Å². The second-order valence-corrected chi connectivity index (χ2v) is 9.90. The molecule has 0 bridgehead atoms. The van der Waals surface area contributed by atoms with E-state index < -0.39 is 5.25 Å². The molecule has 1 saturated carbocycles. The van der Waals surface area contributed by atoms with Crippen molar-refractivity contribution in [3.05, 3.63) is 64.9 Å². The number of halogens is 2. The monoisotopic (exact) mass is 484 g/mol. The van der Waals surface area contributed by atoms with Crippen LogP contribution in [-0.4, -0.2) is 43.3 Å². The molecule has 0 spiro atoms. The summed E-state index contributed by atoms with van der Waals surface area (Å²) >= 11 is 7.26. The van der Waals surface area contributed by atoms with E-state index >= 15 is 0 Å². The van der Waals surface area contributed by atoms with Gasteiger partial charge in [0.05, 0.1) is 10.8 Å². The van der Waals surface area contributed by atoms with Gasteiger partial charge in [-0.1, -0.05) is 41.9 Å². The molecule has 170 valence electrons. The fourth-order valence-corrected chi connectivity index (χ4v) is 5.37. The van der Waals surface area contributed by atoms with Gasteiger partial charge in [0.25, 0.3) is 5.91 Å². The molecule has 0 unspecified atom stereocenters. The van der Waals surface area contributed by atoms with Crippen molar-refractivity contribution in [3.8, 4) is 11.4 Å². The minimum atomic E-state index is -0.459. The molecule has 5 rings (SSSR count). The van der Waals surface area contributed by atoms with Crippen molar-refractivity contribution in [3.63, 3.8) is 0 Å². The molecule has 2 amide bonds. The van der Waals surface area contributed by atoms with Crippen molar-refractivity contribution in [2.75, 3.05) is 6.54 Å². The van der Waals surface area contributed by atoms with E-state index in [1.807, 2.05) is 4.57 Å². The van der Waals surface area contributed by atoms with Gasteiger partial charge in [-0.05, 0) is 62.1 Å². The molecule has 0 N–H and O–H groups in total. The Kier molecular flexibility index (Phi) is 6.21. The van der Waals surface area contributed by atoms with Crippen LogP contribution >= 0.6 is 23.4 Å². The minimum absolute atomic E-state index is 0.199. The van der Waals surface area contributed by atoms with Gasteiger partial charge in [0.1, 0.15) is 5.82 Å². The SMILES string of the molecule is O=C(c1ccc(Cl)cc1)N1CCCC[C@H](Sc2nnc(-c3ccccc3F)n2C2CC2)C1=O. The first kappa shape index (κ1) is 22.1. The highest BCUT2D eigenvalue weighted by Gasteiger charge is 2.36. The lowest BCUT2D eigenvalue weighted by atomic mass is 10.2. The summed E-state index contributed by atoms with van der Waals surface area (Å²) in [6, 6.07) is 13.3. The van der Waals surface area contributed by atoms with E-state index in [2.05, 4.69) is 10.2 Å². The Morgan fingerprint density at radius 3 is 2.52 bits per heavy atom. The van der Waals surface area contributed by atoms with Crippen LogP contribution in [0.5, 0.6) is 0 Å². The molecule has 0 radical (unpaired) electrons. The van der Waals surface area contributed by atoms with Crippen LogP contribution in [0.3, 0.4) is 0 Å². The van der Waals surface area contributed by atoms with E-state index in [1.54, 1.807) is 42.5 Å². The van der Waals surface area contributed by atoms with E-state index in [9.17, 15) is 14.0 Å². The number of carbonyl (C=O) groups excluding carboxylic acids is 2. The van der Waals surface area contributed by atoms with Crippen LogP contribution in [0.4, 0.5) is 4.39 Å². The van der Waals surface area contributed by atoms with Crippen molar-refractivity contribution in [1.82, 2.24) is 19.7 Å².